The fourth-order valence-corrected chi connectivity index (χ4v) is 1.63. The lowest BCUT2D eigenvalue weighted by Crippen LogP contribution is -2.23. The van der Waals surface area contributed by atoms with Gasteiger partial charge in [-0.1, -0.05) is 12.1 Å². The number of hydrogen-bond donors (Lipinski definition) is 1. The molecule has 1 unspecified atom stereocenters. The number of thioether (sulfide) groups is 1. The second kappa shape index (κ2) is 7.16. The van der Waals surface area contributed by atoms with Gasteiger partial charge in [0.1, 0.15) is 0 Å². The Labute approximate surface area is 97.1 Å². The minimum Gasteiger partial charge on any atom is -0.317 e. The first-order valence-corrected chi connectivity index (χ1v) is 5.79. The van der Waals surface area contributed by atoms with E-state index >= 15 is 0 Å². The van der Waals surface area contributed by atoms with Gasteiger partial charge in [0, 0.05) is 10.9 Å². The monoisotopic (exact) mass is 231 g/mol. The van der Waals surface area contributed by atoms with Crippen molar-refractivity contribution >= 4 is 24.2 Å². The fourth-order valence-electron chi connectivity index (χ4n) is 1.22. The lowest BCUT2D eigenvalue weighted by atomic mass is 10.1. The van der Waals surface area contributed by atoms with Crippen LogP contribution in [0, 0.1) is 0 Å². The van der Waals surface area contributed by atoms with Crippen molar-refractivity contribution in [3.63, 3.8) is 0 Å². The molecule has 1 aromatic carbocycles. The molecule has 14 heavy (non-hydrogen) atoms. The lowest BCUT2D eigenvalue weighted by molar-refractivity contribution is 0.608. The molecule has 0 saturated heterocycles. The van der Waals surface area contributed by atoms with E-state index in [9.17, 15) is 0 Å². The second-order valence-corrected chi connectivity index (χ2v) is 4.12. The number of halogens is 1. The van der Waals surface area contributed by atoms with Gasteiger partial charge in [-0.15, -0.1) is 24.2 Å². The van der Waals surface area contributed by atoms with Gasteiger partial charge in [0.05, 0.1) is 0 Å². The van der Waals surface area contributed by atoms with E-state index in [0.29, 0.717) is 6.04 Å². The topological polar surface area (TPSA) is 12.0 Å². The van der Waals surface area contributed by atoms with Gasteiger partial charge < -0.3 is 5.32 Å². The largest absolute Gasteiger partial charge is 0.317 e. The summed E-state index contributed by atoms with van der Waals surface area (Å²) < 4.78 is 0. The van der Waals surface area contributed by atoms with Gasteiger partial charge in [0.15, 0.2) is 0 Å². The molecule has 1 rings (SSSR count). The molecule has 0 aliphatic rings. The third-order valence-electron chi connectivity index (χ3n) is 2.19. The average molecular weight is 232 g/mol. The summed E-state index contributed by atoms with van der Waals surface area (Å²) in [5.41, 5.74) is 1.40. The number of benzene rings is 1. The van der Waals surface area contributed by atoms with Crippen molar-refractivity contribution in [2.45, 2.75) is 24.3 Å². The standard InChI is InChI=1S/C11H17NS.ClH/c1-9(12-2)8-10-4-6-11(13-3)7-5-10;/h4-7,9,12H,8H2,1-3H3;1H. The van der Waals surface area contributed by atoms with Crippen LogP contribution >= 0.6 is 24.2 Å². The number of rotatable bonds is 4. The highest BCUT2D eigenvalue weighted by Crippen LogP contribution is 2.15. The minimum atomic E-state index is 0. The molecular formula is C11H18ClNS. The number of hydrogen-bond acceptors (Lipinski definition) is 2. The Kier molecular flexibility index (Phi) is 7.06. The zero-order chi connectivity index (χ0) is 9.68. The third-order valence-corrected chi connectivity index (χ3v) is 2.94. The maximum absolute atomic E-state index is 3.24. The Morgan fingerprint density at radius 3 is 2.29 bits per heavy atom. The maximum Gasteiger partial charge on any atom is 0.00761 e. The third kappa shape index (κ3) is 4.36. The first-order valence-electron chi connectivity index (χ1n) is 4.56. The Bertz CT molecular complexity index is 248. The molecule has 0 aromatic heterocycles. The van der Waals surface area contributed by atoms with Gasteiger partial charge in [0.25, 0.3) is 0 Å². The number of likely N-dealkylation sites (N-methyl/N-ethyl adjacent to an activating group) is 1. The average Bonchev–Trinajstić information content (AvgIpc) is 2.19. The SMILES string of the molecule is CNC(C)Cc1ccc(SC)cc1.Cl. The van der Waals surface area contributed by atoms with Gasteiger partial charge in [-0.05, 0) is 44.3 Å². The summed E-state index contributed by atoms with van der Waals surface area (Å²) in [6, 6.07) is 9.34. The summed E-state index contributed by atoms with van der Waals surface area (Å²) in [6.07, 6.45) is 3.20. The Morgan fingerprint density at radius 1 is 1.29 bits per heavy atom. The van der Waals surface area contributed by atoms with Crippen molar-refractivity contribution in [1.29, 1.82) is 0 Å². The van der Waals surface area contributed by atoms with Crippen LogP contribution in [0.2, 0.25) is 0 Å². The number of nitrogens with one attached hydrogen (secondary N) is 1. The minimum absolute atomic E-state index is 0. The molecule has 0 aliphatic carbocycles. The van der Waals surface area contributed by atoms with Crippen LogP contribution in [0.5, 0.6) is 0 Å². The smallest absolute Gasteiger partial charge is 0.00761 e. The molecule has 0 saturated carbocycles. The Balaban J connectivity index is 0.00000169. The van der Waals surface area contributed by atoms with E-state index in [2.05, 4.69) is 42.8 Å². The van der Waals surface area contributed by atoms with Crippen LogP contribution in [0.25, 0.3) is 0 Å². The van der Waals surface area contributed by atoms with Crippen molar-refractivity contribution in [3.05, 3.63) is 29.8 Å². The van der Waals surface area contributed by atoms with E-state index in [-0.39, 0.29) is 12.4 Å². The molecule has 0 bridgehead atoms. The van der Waals surface area contributed by atoms with Gasteiger partial charge in [0.2, 0.25) is 0 Å². The first kappa shape index (κ1) is 13.8. The molecule has 1 nitrogen and oxygen atoms in total. The quantitative estimate of drug-likeness (QED) is 0.800. The van der Waals surface area contributed by atoms with E-state index in [1.165, 1.54) is 10.5 Å². The molecule has 1 atom stereocenters. The van der Waals surface area contributed by atoms with Crippen molar-refractivity contribution in [3.8, 4) is 0 Å². The van der Waals surface area contributed by atoms with Crippen LogP contribution in [0.1, 0.15) is 12.5 Å². The van der Waals surface area contributed by atoms with Crippen molar-refractivity contribution in [1.82, 2.24) is 5.32 Å². The molecule has 0 spiro atoms. The summed E-state index contributed by atoms with van der Waals surface area (Å²) in [5, 5.41) is 3.24. The fraction of sp³-hybridized carbons (Fsp3) is 0.455. The Hall–Kier alpha value is -0.180. The van der Waals surface area contributed by atoms with Crippen LogP contribution < -0.4 is 5.32 Å². The predicted octanol–water partition coefficient (Wildman–Crippen LogP) is 2.98. The molecule has 0 fully saturated rings. The predicted molar refractivity (Wildman–Crippen MR) is 67.7 cm³/mol. The molecule has 80 valence electrons. The van der Waals surface area contributed by atoms with E-state index in [1.807, 2.05) is 7.05 Å². The summed E-state index contributed by atoms with van der Waals surface area (Å²) in [4.78, 5) is 1.33. The molecule has 0 radical (unpaired) electrons. The van der Waals surface area contributed by atoms with Gasteiger partial charge in [-0.2, -0.15) is 0 Å². The van der Waals surface area contributed by atoms with Crippen LogP contribution in [0.3, 0.4) is 0 Å². The lowest BCUT2D eigenvalue weighted by Gasteiger charge is -2.09. The van der Waals surface area contributed by atoms with Crippen molar-refractivity contribution in [2.24, 2.45) is 0 Å². The van der Waals surface area contributed by atoms with E-state index in [4.69, 9.17) is 0 Å². The van der Waals surface area contributed by atoms with E-state index < -0.39 is 0 Å². The first-order chi connectivity index (χ1) is 6.26. The van der Waals surface area contributed by atoms with Crippen LogP contribution in [0.4, 0.5) is 0 Å². The summed E-state index contributed by atoms with van der Waals surface area (Å²) in [5.74, 6) is 0. The normalized spacial score (nSPS) is 11.9. The summed E-state index contributed by atoms with van der Waals surface area (Å²) >= 11 is 1.79. The molecule has 1 N–H and O–H groups in total. The van der Waals surface area contributed by atoms with Gasteiger partial charge >= 0.3 is 0 Å². The van der Waals surface area contributed by atoms with Crippen molar-refractivity contribution < 1.29 is 0 Å². The molecule has 0 aliphatic heterocycles. The van der Waals surface area contributed by atoms with Crippen LogP contribution in [-0.2, 0) is 6.42 Å². The van der Waals surface area contributed by atoms with Crippen molar-refractivity contribution in [2.75, 3.05) is 13.3 Å². The van der Waals surface area contributed by atoms with E-state index in [0.717, 1.165) is 6.42 Å². The second-order valence-electron chi connectivity index (χ2n) is 3.24. The molecule has 0 heterocycles. The molecule has 1 aromatic rings. The summed E-state index contributed by atoms with van der Waals surface area (Å²) in [6.45, 7) is 2.20. The molecular weight excluding hydrogens is 214 g/mol. The van der Waals surface area contributed by atoms with Gasteiger partial charge in [-0.25, -0.2) is 0 Å². The Morgan fingerprint density at radius 2 is 1.86 bits per heavy atom. The zero-order valence-electron chi connectivity index (χ0n) is 8.91. The highest BCUT2D eigenvalue weighted by Gasteiger charge is 1.99. The van der Waals surface area contributed by atoms with E-state index in [1.54, 1.807) is 11.8 Å². The zero-order valence-corrected chi connectivity index (χ0v) is 10.5. The van der Waals surface area contributed by atoms with Crippen LogP contribution in [0.15, 0.2) is 29.2 Å². The highest BCUT2D eigenvalue weighted by molar-refractivity contribution is 7.98. The highest BCUT2D eigenvalue weighted by atomic mass is 35.5. The molecule has 0 amide bonds. The molecule has 3 heteroatoms. The maximum atomic E-state index is 3.24. The summed E-state index contributed by atoms with van der Waals surface area (Å²) in [7, 11) is 2.00. The van der Waals surface area contributed by atoms with Crippen LogP contribution in [-0.4, -0.2) is 19.3 Å². The van der Waals surface area contributed by atoms with Gasteiger partial charge in [-0.3, -0.25) is 0 Å².